The number of hydrogen-bond donors (Lipinski definition) is 1. The third-order valence-electron chi connectivity index (χ3n) is 4.15. The molecule has 0 fully saturated rings. The van der Waals surface area contributed by atoms with Gasteiger partial charge in [-0.2, -0.15) is 0 Å². The van der Waals surface area contributed by atoms with Crippen molar-refractivity contribution in [1.29, 1.82) is 0 Å². The van der Waals surface area contributed by atoms with E-state index >= 15 is 0 Å². The van der Waals surface area contributed by atoms with Gasteiger partial charge in [0.05, 0.1) is 5.02 Å². The third kappa shape index (κ3) is 4.29. The Hall–Kier alpha value is -3.27. The van der Waals surface area contributed by atoms with E-state index in [1.165, 1.54) is 0 Å². The topological polar surface area (TPSA) is 77.9 Å². The fourth-order valence-corrected chi connectivity index (χ4v) is 3.05. The van der Waals surface area contributed by atoms with Crippen LogP contribution in [0.4, 0.5) is 17.1 Å². The van der Waals surface area contributed by atoms with E-state index < -0.39 is 0 Å². The molecule has 0 saturated heterocycles. The number of ketones is 1. The van der Waals surface area contributed by atoms with Gasteiger partial charge >= 0.3 is 0 Å². The molecule has 3 aromatic carbocycles. The van der Waals surface area contributed by atoms with Crippen LogP contribution in [-0.2, 0) is 0 Å². The highest BCUT2D eigenvalue weighted by molar-refractivity contribution is 6.35. The fourth-order valence-electron chi connectivity index (χ4n) is 2.78. The summed E-state index contributed by atoms with van der Waals surface area (Å²) in [6.45, 7) is 3.85. The Morgan fingerprint density at radius 2 is 1.78 bits per heavy atom. The average molecular weight is 377 g/mol. The SMILES string of the molecule is Cc1cccc(Nc2ccc(C(=O)c3cc(N=[N+]=[N-])ccc3C)c(Cl)c2)c1. The molecule has 0 aliphatic rings. The van der Waals surface area contributed by atoms with Crippen LogP contribution in [0.2, 0.25) is 5.02 Å². The zero-order valence-electron chi connectivity index (χ0n) is 14.9. The summed E-state index contributed by atoms with van der Waals surface area (Å²) >= 11 is 6.38. The number of nitrogens with one attached hydrogen (secondary N) is 1. The molecule has 0 saturated carbocycles. The smallest absolute Gasteiger partial charge is 0.194 e. The molecule has 0 amide bonds. The first-order valence-electron chi connectivity index (χ1n) is 8.31. The van der Waals surface area contributed by atoms with E-state index in [0.717, 1.165) is 22.5 Å². The van der Waals surface area contributed by atoms with Crippen molar-refractivity contribution in [3.05, 3.63) is 98.4 Å². The number of rotatable bonds is 5. The number of anilines is 2. The number of carbonyl (C=O) groups excluding carboxylic acids is 1. The first-order chi connectivity index (χ1) is 13.0. The number of carbonyl (C=O) groups is 1. The molecule has 5 nitrogen and oxygen atoms in total. The molecule has 27 heavy (non-hydrogen) atoms. The predicted molar refractivity (Wildman–Crippen MR) is 109 cm³/mol. The number of halogens is 1. The van der Waals surface area contributed by atoms with Crippen LogP contribution < -0.4 is 5.32 Å². The lowest BCUT2D eigenvalue weighted by Crippen LogP contribution is -2.05. The molecule has 0 heterocycles. The van der Waals surface area contributed by atoms with Crippen LogP contribution in [0.1, 0.15) is 27.0 Å². The molecular weight excluding hydrogens is 360 g/mol. The molecule has 0 aromatic heterocycles. The van der Waals surface area contributed by atoms with Crippen molar-refractivity contribution in [3.63, 3.8) is 0 Å². The minimum Gasteiger partial charge on any atom is -0.355 e. The van der Waals surface area contributed by atoms with Crippen molar-refractivity contribution < 1.29 is 4.79 Å². The number of aryl methyl sites for hydroxylation is 2. The molecular formula is C21H17ClN4O. The van der Waals surface area contributed by atoms with Crippen molar-refractivity contribution >= 4 is 34.4 Å². The van der Waals surface area contributed by atoms with Crippen molar-refractivity contribution in [2.75, 3.05) is 5.32 Å². The quantitative estimate of drug-likeness (QED) is 0.228. The Balaban J connectivity index is 1.90. The number of azide groups is 1. The molecule has 0 radical (unpaired) electrons. The molecule has 0 aliphatic carbocycles. The van der Waals surface area contributed by atoms with Gasteiger partial charge in [0.15, 0.2) is 5.78 Å². The van der Waals surface area contributed by atoms with Gasteiger partial charge < -0.3 is 5.32 Å². The minimum atomic E-state index is -0.213. The summed E-state index contributed by atoms with van der Waals surface area (Å²) in [6.07, 6.45) is 0. The van der Waals surface area contributed by atoms with Crippen molar-refractivity contribution in [3.8, 4) is 0 Å². The Labute approximate surface area is 162 Å². The second-order valence-corrected chi connectivity index (χ2v) is 6.61. The van der Waals surface area contributed by atoms with Crippen LogP contribution in [0, 0.1) is 13.8 Å². The van der Waals surface area contributed by atoms with Crippen molar-refractivity contribution in [2.45, 2.75) is 13.8 Å². The lowest BCUT2D eigenvalue weighted by Gasteiger charge is -2.11. The van der Waals surface area contributed by atoms with Crippen molar-refractivity contribution in [2.24, 2.45) is 5.11 Å². The standard InChI is InChI=1S/C21H17ClN4O/c1-13-4-3-5-15(10-13)24-16-8-9-18(20(22)12-16)21(27)19-11-17(25-26-23)7-6-14(19)2/h3-12,24H,1-2H3. The lowest BCUT2D eigenvalue weighted by atomic mass is 9.98. The van der Waals surface area contributed by atoms with Crippen LogP contribution in [0.15, 0.2) is 65.8 Å². The summed E-state index contributed by atoms with van der Waals surface area (Å²) in [5, 5.41) is 7.19. The van der Waals surface area contributed by atoms with E-state index in [4.69, 9.17) is 17.1 Å². The first kappa shape index (κ1) is 18.5. The monoisotopic (exact) mass is 376 g/mol. The van der Waals surface area contributed by atoms with Gasteiger partial charge in [-0.3, -0.25) is 4.79 Å². The van der Waals surface area contributed by atoms with Gasteiger partial charge in [-0.1, -0.05) is 41.0 Å². The minimum absolute atomic E-state index is 0.213. The van der Waals surface area contributed by atoms with Crippen LogP contribution in [0.3, 0.4) is 0 Å². The molecule has 6 heteroatoms. The van der Waals surface area contributed by atoms with E-state index in [1.54, 1.807) is 30.3 Å². The molecule has 0 bridgehead atoms. The molecule has 0 atom stereocenters. The first-order valence-corrected chi connectivity index (χ1v) is 8.69. The largest absolute Gasteiger partial charge is 0.355 e. The lowest BCUT2D eigenvalue weighted by molar-refractivity contribution is 0.103. The van der Waals surface area contributed by atoms with Crippen LogP contribution >= 0.6 is 11.6 Å². The number of hydrogen-bond acceptors (Lipinski definition) is 3. The predicted octanol–water partition coefficient (Wildman–Crippen LogP) is 6.87. The molecule has 134 valence electrons. The maximum atomic E-state index is 12.9. The van der Waals surface area contributed by atoms with Gasteiger partial charge in [-0.15, -0.1) is 0 Å². The molecule has 1 N–H and O–H groups in total. The van der Waals surface area contributed by atoms with Crippen molar-refractivity contribution in [1.82, 2.24) is 0 Å². The third-order valence-corrected chi connectivity index (χ3v) is 4.46. The maximum absolute atomic E-state index is 12.9. The second kappa shape index (κ2) is 7.96. The van der Waals surface area contributed by atoms with Gasteiger partial charge in [0.25, 0.3) is 0 Å². The summed E-state index contributed by atoms with van der Waals surface area (Å²) in [7, 11) is 0. The zero-order valence-corrected chi connectivity index (χ0v) is 15.7. The maximum Gasteiger partial charge on any atom is 0.194 e. The molecule has 0 unspecified atom stereocenters. The second-order valence-electron chi connectivity index (χ2n) is 6.21. The van der Waals surface area contributed by atoms with Gasteiger partial charge in [0.2, 0.25) is 0 Å². The summed E-state index contributed by atoms with van der Waals surface area (Å²) in [6, 6.07) is 18.2. The molecule has 3 aromatic rings. The summed E-state index contributed by atoms with van der Waals surface area (Å²) in [5.74, 6) is -0.213. The van der Waals surface area contributed by atoms with Crippen LogP contribution in [0.25, 0.3) is 10.4 Å². The van der Waals surface area contributed by atoms with Gasteiger partial charge in [0.1, 0.15) is 0 Å². The van der Waals surface area contributed by atoms with E-state index in [-0.39, 0.29) is 5.78 Å². The number of nitrogens with zero attached hydrogens (tertiary/aromatic N) is 3. The highest BCUT2D eigenvalue weighted by Gasteiger charge is 2.16. The highest BCUT2D eigenvalue weighted by Crippen LogP contribution is 2.28. The normalized spacial score (nSPS) is 10.2. The van der Waals surface area contributed by atoms with Gasteiger partial charge in [-0.05, 0) is 66.9 Å². The summed E-state index contributed by atoms with van der Waals surface area (Å²) < 4.78 is 0. The van der Waals surface area contributed by atoms with Crippen LogP contribution in [-0.4, -0.2) is 5.78 Å². The summed E-state index contributed by atoms with van der Waals surface area (Å²) in [5.41, 5.74) is 13.5. The fraction of sp³-hybridized carbons (Fsp3) is 0.0952. The van der Waals surface area contributed by atoms with E-state index in [2.05, 4.69) is 15.3 Å². The zero-order chi connectivity index (χ0) is 19.4. The van der Waals surface area contributed by atoms with E-state index in [9.17, 15) is 4.79 Å². The van der Waals surface area contributed by atoms with Crippen LogP contribution in [0.5, 0.6) is 0 Å². The van der Waals surface area contributed by atoms with E-state index in [1.807, 2.05) is 44.2 Å². The Bertz CT molecular complexity index is 1070. The van der Waals surface area contributed by atoms with E-state index in [0.29, 0.717) is 21.8 Å². The average Bonchev–Trinajstić information content (AvgIpc) is 2.63. The molecule has 3 rings (SSSR count). The number of benzene rings is 3. The molecule has 0 aliphatic heterocycles. The summed E-state index contributed by atoms with van der Waals surface area (Å²) in [4.78, 5) is 15.7. The molecule has 0 spiro atoms. The Morgan fingerprint density at radius 1 is 1.00 bits per heavy atom. The Morgan fingerprint density at radius 3 is 2.48 bits per heavy atom. The van der Waals surface area contributed by atoms with Gasteiger partial charge in [0, 0.05) is 33.1 Å². The Kier molecular flexibility index (Phi) is 5.46. The van der Waals surface area contributed by atoms with Gasteiger partial charge in [-0.25, -0.2) is 0 Å². The highest BCUT2D eigenvalue weighted by atomic mass is 35.5.